The first-order chi connectivity index (χ1) is 13.5. The zero-order chi connectivity index (χ0) is 20.1. The molecule has 3 rings (SSSR count). The van der Waals surface area contributed by atoms with Gasteiger partial charge in [0.05, 0.1) is 11.4 Å². The maximum Gasteiger partial charge on any atom is 0.387 e. The molecule has 0 bridgehead atoms. The highest BCUT2D eigenvalue weighted by Gasteiger charge is 2.23. The van der Waals surface area contributed by atoms with Crippen molar-refractivity contribution in [2.24, 2.45) is 0 Å². The summed E-state index contributed by atoms with van der Waals surface area (Å²) in [4.78, 5) is 25.2. The lowest BCUT2D eigenvalue weighted by atomic mass is 10.2. The van der Waals surface area contributed by atoms with E-state index in [4.69, 9.17) is 4.74 Å². The number of carbonyl (C=O) groups is 2. The molecule has 0 aliphatic heterocycles. The van der Waals surface area contributed by atoms with Gasteiger partial charge in [-0.05, 0) is 42.6 Å². The number of hydrogen-bond acceptors (Lipinski definition) is 5. The first-order valence-corrected chi connectivity index (χ1v) is 9.10. The number of carbonyl (C=O) groups excluding carboxylic acids is 2. The fraction of sp³-hybridized carbons (Fsp3) is 0.158. The van der Waals surface area contributed by atoms with Gasteiger partial charge in [0.2, 0.25) is 0 Å². The van der Waals surface area contributed by atoms with E-state index >= 15 is 0 Å². The number of alkyl halides is 2. The summed E-state index contributed by atoms with van der Waals surface area (Å²) in [5, 5.41) is 4.18. The van der Waals surface area contributed by atoms with Crippen LogP contribution in [0.15, 0.2) is 60.2 Å². The van der Waals surface area contributed by atoms with Gasteiger partial charge in [0, 0.05) is 12.4 Å². The first kappa shape index (κ1) is 19.6. The Bertz CT molecular complexity index is 957. The predicted molar refractivity (Wildman–Crippen MR) is 100 cm³/mol. The highest BCUT2D eigenvalue weighted by molar-refractivity contribution is 7.12. The number of hydrogen-bond donors (Lipinski definition) is 1. The lowest BCUT2D eigenvalue weighted by Crippen LogP contribution is -2.30. The highest BCUT2D eigenvalue weighted by Crippen LogP contribution is 2.26. The number of nitrogens with one attached hydrogen (secondary N) is 1. The molecule has 6 nitrogen and oxygen atoms in total. The summed E-state index contributed by atoms with van der Waals surface area (Å²) in [6.07, 6.45) is 2.43. The fourth-order valence-electron chi connectivity index (χ4n) is 2.42. The molecule has 0 spiro atoms. The van der Waals surface area contributed by atoms with Gasteiger partial charge < -0.3 is 19.4 Å². The molecule has 0 radical (unpaired) electrons. The van der Waals surface area contributed by atoms with Gasteiger partial charge in [-0.25, -0.2) is 4.79 Å². The fourth-order valence-corrected chi connectivity index (χ4v) is 3.20. The summed E-state index contributed by atoms with van der Waals surface area (Å²) in [5.41, 5.74) is 0.697. The number of esters is 1. The van der Waals surface area contributed by atoms with Gasteiger partial charge in [0.25, 0.3) is 5.91 Å². The van der Waals surface area contributed by atoms with Crippen LogP contribution in [0.25, 0.3) is 5.69 Å². The number of halogens is 2. The molecule has 1 atom stereocenters. The minimum absolute atomic E-state index is 0.0554. The standard InChI is InChI=1S/C19H16F2N2O4S/c1-12(17(24)22-13-6-2-3-7-15(13)27-19(20)21)26-18(25)16-14(8-11-28-16)23-9-4-5-10-23/h2-12,19H,1H3,(H,22,24). The van der Waals surface area contributed by atoms with Gasteiger partial charge >= 0.3 is 12.6 Å². The molecule has 0 fully saturated rings. The van der Waals surface area contributed by atoms with E-state index < -0.39 is 24.6 Å². The molecule has 1 unspecified atom stereocenters. The Kier molecular flexibility index (Phi) is 6.05. The molecule has 0 saturated heterocycles. The van der Waals surface area contributed by atoms with Crippen molar-refractivity contribution < 1.29 is 27.8 Å². The van der Waals surface area contributed by atoms with Crippen LogP contribution in [-0.2, 0) is 9.53 Å². The van der Waals surface area contributed by atoms with E-state index in [1.165, 1.54) is 36.5 Å². The van der Waals surface area contributed by atoms with Crippen molar-refractivity contribution in [2.75, 3.05) is 5.32 Å². The van der Waals surface area contributed by atoms with E-state index in [9.17, 15) is 18.4 Å². The maximum atomic E-state index is 12.5. The van der Waals surface area contributed by atoms with Crippen molar-refractivity contribution in [1.29, 1.82) is 0 Å². The quantitative estimate of drug-likeness (QED) is 0.593. The van der Waals surface area contributed by atoms with Crippen LogP contribution in [0, 0.1) is 0 Å². The van der Waals surface area contributed by atoms with Crippen molar-refractivity contribution in [3.05, 3.63) is 65.1 Å². The number of rotatable bonds is 7. The average molecular weight is 406 g/mol. The second kappa shape index (κ2) is 8.66. The summed E-state index contributed by atoms with van der Waals surface area (Å²) >= 11 is 1.19. The third-order valence-electron chi connectivity index (χ3n) is 3.73. The predicted octanol–water partition coefficient (Wildman–Crippen LogP) is 4.32. The van der Waals surface area contributed by atoms with E-state index in [-0.39, 0.29) is 11.4 Å². The van der Waals surface area contributed by atoms with Crippen molar-refractivity contribution >= 4 is 28.9 Å². The topological polar surface area (TPSA) is 69.6 Å². The molecule has 0 saturated carbocycles. The minimum Gasteiger partial charge on any atom is -0.448 e. The van der Waals surface area contributed by atoms with Gasteiger partial charge in [-0.15, -0.1) is 11.3 Å². The SMILES string of the molecule is CC(OC(=O)c1sccc1-n1cccc1)C(=O)Nc1ccccc1OC(F)F. The van der Waals surface area contributed by atoms with Gasteiger partial charge in [-0.3, -0.25) is 4.79 Å². The molecular formula is C19H16F2N2O4S. The summed E-state index contributed by atoms with van der Waals surface area (Å²) < 4.78 is 36.3. The molecule has 3 aromatic rings. The summed E-state index contributed by atoms with van der Waals surface area (Å²) in [7, 11) is 0. The lowest BCUT2D eigenvalue weighted by Gasteiger charge is -2.16. The summed E-state index contributed by atoms with van der Waals surface area (Å²) in [5.74, 6) is -1.51. The molecule has 9 heteroatoms. The Morgan fingerprint density at radius 3 is 2.54 bits per heavy atom. The summed E-state index contributed by atoms with van der Waals surface area (Å²) in [6, 6.07) is 11.2. The van der Waals surface area contributed by atoms with Crippen LogP contribution < -0.4 is 10.1 Å². The number of amides is 1. The van der Waals surface area contributed by atoms with Gasteiger partial charge in [0.1, 0.15) is 10.6 Å². The molecule has 2 aromatic heterocycles. The monoisotopic (exact) mass is 406 g/mol. The molecular weight excluding hydrogens is 390 g/mol. The van der Waals surface area contributed by atoms with Crippen molar-refractivity contribution in [3.63, 3.8) is 0 Å². The van der Waals surface area contributed by atoms with Crippen LogP contribution in [0.5, 0.6) is 5.75 Å². The number of anilines is 1. The average Bonchev–Trinajstić information content (AvgIpc) is 3.34. The third-order valence-corrected chi connectivity index (χ3v) is 4.61. The van der Waals surface area contributed by atoms with E-state index in [0.29, 0.717) is 10.6 Å². The van der Waals surface area contributed by atoms with E-state index in [1.807, 2.05) is 12.1 Å². The molecule has 0 aliphatic rings. The number of ether oxygens (including phenoxy) is 2. The smallest absolute Gasteiger partial charge is 0.387 e. The maximum absolute atomic E-state index is 12.5. The zero-order valence-electron chi connectivity index (χ0n) is 14.7. The number of aromatic nitrogens is 1. The molecule has 0 aliphatic carbocycles. The number of thiophene rings is 1. The Hall–Kier alpha value is -3.20. The van der Waals surface area contributed by atoms with Gasteiger partial charge in [0.15, 0.2) is 6.10 Å². The molecule has 2 heterocycles. The Balaban J connectivity index is 1.67. The molecule has 1 aromatic carbocycles. The molecule has 28 heavy (non-hydrogen) atoms. The normalized spacial score (nSPS) is 11.9. The van der Waals surface area contributed by atoms with Crippen LogP contribution in [0.4, 0.5) is 14.5 Å². The van der Waals surface area contributed by atoms with E-state index in [2.05, 4.69) is 10.1 Å². The summed E-state index contributed by atoms with van der Waals surface area (Å²) in [6.45, 7) is -1.63. The number of nitrogens with zero attached hydrogens (tertiary/aromatic N) is 1. The van der Waals surface area contributed by atoms with Crippen molar-refractivity contribution in [3.8, 4) is 11.4 Å². The van der Waals surface area contributed by atoms with Crippen LogP contribution in [0.1, 0.15) is 16.6 Å². The van der Waals surface area contributed by atoms with E-state index in [1.54, 1.807) is 34.5 Å². The van der Waals surface area contributed by atoms with Gasteiger partial charge in [-0.2, -0.15) is 8.78 Å². The second-order valence-electron chi connectivity index (χ2n) is 5.64. The van der Waals surface area contributed by atoms with Crippen LogP contribution in [0.2, 0.25) is 0 Å². The molecule has 1 amide bonds. The largest absolute Gasteiger partial charge is 0.448 e. The zero-order valence-corrected chi connectivity index (χ0v) is 15.5. The van der Waals surface area contributed by atoms with Crippen LogP contribution in [0.3, 0.4) is 0 Å². The Morgan fingerprint density at radius 1 is 1.11 bits per heavy atom. The number of benzene rings is 1. The molecule has 1 N–H and O–H groups in total. The molecule has 146 valence electrons. The second-order valence-corrected chi connectivity index (χ2v) is 6.55. The van der Waals surface area contributed by atoms with Crippen LogP contribution >= 0.6 is 11.3 Å². The first-order valence-electron chi connectivity index (χ1n) is 8.22. The third kappa shape index (κ3) is 4.55. The number of para-hydroxylation sites is 2. The van der Waals surface area contributed by atoms with E-state index in [0.717, 1.165) is 0 Å². The Labute approximate surface area is 163 Å². The van der Waals surface area contributed by atoms with Crippen molar-refractivity contribution in [1.82, 2.24) is 4.57 Å². The van der Waals surface area contributed by atoms with Crippen LogP contribution in [-0.4, -0.2) is 29.2 Å². The lowest BCUT2D eigenvalue weighted by molar-refractivity contribution is -0.123. The van der Waals surface area contributed by atoms with Crippen molar-refractivity contribution in [2.45, 2.75) is 19.6 Å². The Morgan fingerprint density at radius 2 is 1.82 bits per heavy atom. The highest BCUT2D eigenvalue weighted by atomic mass is 32.1. The van der Waals surface area contributed by atoms with Gasteiger partial charge in [-0.1, -0.05) is 12.1 Å². The minimum atomic E-state index is -3.03.